The van der Waals surface area contributed by atoms with Gasteiger partial charge < -0.3 is 10.2 Å². The Bertz CT molecular complexity index is 599. The summed E-state index contributed by atoms with van der Waals surface area (Å²) in [5.74, 6) is 1.11. The summed E-state index contributed by atoms with van der Waals surface area (Å²) in [5, 5.41) is 3.41. The molecule has 3 aliphatic heterocycles. The fraction of sp³-hybridized carbons (Fsp3) is 0.682. The Kier molecular flexibility index (Phi) is 5.60. The highest BCUT2D eigenvalue weighted by molar-refractivity contribution is 5.76. The van der Waals surface area contributed by atoms with Crippen LogP contribution in [0, 0.1) is 11.3 Å². The molecule has 26 heavy (non-hydrogen) atoms. The Morgan fingerprint density at radius 3 is 2.85 bits per heavy atom. The van der Waals surface area contributed by atoms with Crippen molar-refractivity contribution in [2.75, 3.05) is 39.3 Å². The van der Waals surface area contributed by atoms with Gasteiger partial charge in [0.2, 0.25) is 5.91 Å². The van der Waals surface area contributed by atoms with Crippen LogP contribution in [0.1, 0.15) is 44.1 Å². The molecule has 0 saturated carbocycles. The lowest BCUT2D eigenvalue weighted by atomic mass is 9.79. The molecule has 1 aromatic carbocycles. The van der Waals surface area contributed by atoms with Crippen molar-refractivity contribution >= 4 is 5.91 Å². The molecule has 2 atom stereocenters. The predicted octanol–water partition coefficient (Wildman–Crippen LogP) is 2.89. The number of hydrogen-bond donors (Lipinski definition) is 1. The summed E-state index contributed by atoms with van der Waals surface area (Å²) in [7, 11) is 0. The van der Waals surface area contributed by atoms with Crippen molar-refractivity contribution in [3.63, 3.8) is 0 Å². The van der Waals surface area contributed by atoms with Gasteiger partial charge in [-0.15, -0.1) is 0 Å². The number of amides is 1. The van der Waals surface area contributed by atoms with E-state index >= 15 is 0 Å². The molecule has 2 unspecified atom stereocenters. The Morgan fingerprint density at radius 2 is 2.04 bits per heavy atom. The molecule has 1 amide bonds. The molecule has 3 aliphatic rings. The van der Waals surface area contributed by atoms with E-state index in [-0.39, 0.29) is 0 Å². The lowest BCUT2D eigenvalue weighted by molar-refractivity contribution is -0.131. The van der Waals surface area contributed by atoms with Crippen molar-refractivity contribution in [2.24, 2.45) is 11.3 Å². The third-order valence-corrected chi connectivity index (χ3v) is 6.71. The molecule has 4 heteroatoms. The van der Waals surface area contributed by atoms with E-state index in [0.29, 0.717) is 17.2 Å². The van der Waals surface area contributed by atoms with E-state index < -0.39 is 0 Å². The molecule has 3 heterocycles. The van der Waals surface area contributed by atoms with Crippen molar-refractivity contribution < 1.29 is 4.79 Å². The quantitative estimate of drug-likeness (QED) is 0.882. The third-order valence-electron chi connectivity index (χ3n) is 6.71. The van der Waals surface area contributed by atoms with Gasteiger partial charge in [0.25, 0.3) is 0 Å². The largest absolute Gasteiger partial charge is 0.342 e. The van der Waals surface area contributed by atoms with Gasteiger partial charge in [0.1, 0.15) is 0 Å². The highest BCUT2D eigenvalue weighted by Gasteiger charge is 2.42. The lowest BCUT2D eigenvalue weighted by Gasteiger charge is -2.40. The Hall–Kier alpha value is -1.39. The van der Waals surface area contributed by atoms with E-state index in [1.807, 2.05) is 0 Å². The maximum Gasteiger partial charge on any atom is 0.222 e. The molecule has 1 N–H and O–H groups in total. The number of carbonyl (C=O) groups is 1. The molecule has 1 aromatic rings. The van der Waals surface area contributed by atoms with Crippen LogP contribution in [0.2, 0.25) is 0 Å². The molecular formula is C22H33N3O. The first-order valence-electron chi connectivity index (χ1n) is 10.5. The number of nitrogens with zero attached hydrogens (tertiary/aromatic N) is 2. The zero-order valence-electron chi connectivity index (χ0n) is 16.0. The van der Waals surface area contributed by atoms with Crippen LogP contribution in [0.5, 0.6) is 0 Å². The van der Waals surface area contributed by atoms with Gasteiger partial charge in [0.15, 0.2) is 0 Å². The van der Waals surface area contributed by atoms with Crippen molar-refractivity contribution in [3.05, 3.63) is 35.9 Å². The third kappa shape index (κ3) is 4.29. The van der Waals surface area contributed by atoms with Crippen LogP contribution in [0.3, 0.4) is 0 Å². The minimum atomic E-state index is 0.345. The normalized spacial score (nSPS) is 29.5. The van der Waals surface area contributed by atoms with Gasteiger partial charge in [-0.2, -0.15) is 0 Å². The van der Waals surface area contributed by atoms with Crippen molar-refractivity contribution in [1.29, 1.82) is 0 Å². The van der Waals surface area contributed by atoms with Gasteiger partial charge >= 0.3 is 0 Å². The Morgan fingerprint density at radius 1 is 1.15 bits per heavy atom. The van der Waals surface area contributed by atoms with E-state index in [4.69, 9.17) is 0 Å². The molecule has 0 radical (unpaired) electrons. The van der Waals surface area contributed by atoms with Gasteiger partial charge in [-0.1, -0.05) is 30.3 Å². The summed E-state index contributed by atoms with van der Waals surface area (Å²) < 4.78 is 0. The molecular weight excluding hydrogens is 322 g/mol. The second-order valence-electron chi connectivity index (χ2n) is 8.76. The number of nitrogens with one attached hydrogen (secondary N) is 1. The summed E-state index contributed by atoms with van der Waals surface area (Å²) in [6.07, 6.45) is 6.80. The highest BCUT2D eigenvalue weighted by atomic mass is 16.2. The number of piperidine rings is 1. The summed E-state index contributed by atoms with van der Waals surface area (Å²) in [6.45, 7) is 7.58. The minimum absolute atomic E-state index is 0.345. The standard InChI is InChI=1S/C22H33N3O/c26-21(8-7-19-9-12-23-15-19)25-14-11-22(18-25)10-4-13-24(17-22)16-20-5-2-1-3-6-20/h1-3,5-6,19,23H,4,7-18H2. The first-order chi connectivity index (χ1) is 12.7. The average molecular weight is 356 g/mol. The number of hydrogen-bond acceptors (Lipinski definition) is 3. The number of carbonyl (C=O) groups excluding carboxylic acids is 1. The minimum Gasteiger partial charge on any atom is -0.342 e. The maximum atomic E-state index is 12.7. The summed E-state index contributed by atoms with van der Waals surface area (Å²) >= 11 is 0. The fourth-order valence-electron chi connectivity index (χ4n) is 5.21. The molecule has 4 rings (SSSR count). The first-order valence-corrected chi connectivity index (χ1v) is 10.5. The molecule has 0 aromatic heterocycles. The second-order valence-corrected chi connectivity index (χ2v) is 8.76. The molecule has 0 bridgehead atoms. The van der Waals surface area contributed by atoms with Crippen LogP contribution in [0.15, 0.2) is 30.3 Å². The smallest absolute Gasteiger partial charge is 0.222 e. The Labute approximate surface area is 157 Å². The van der Waals surface area contributed by atoms with E-state index in [2.05, 4.69) is 45.4 Å². The van der Waals surface area contributed by atoms with Gasteiger partial charge in [-0.3, -0.25) is 9.69 Å². The van der Waals surface area contributed by atoms with Crippen molar-refractivity contribution in [3.8, 4) is 0 Å². The van der Waals surface area contributed by atoms with E-state index in [9.17, 15) is 4.79 Å². The molecule has 1 spiro atoms. The van der Waals surface area contributed by atoms with Gasteiger partial charge in [-0.25, -0.2) is 0 Å². The van der Waals surface area contributed by atoms with E-state index in [1.54, 1.807) is 0 Å². The van der Waals surface area contributed by atoms with Crippen LogP contribution in [0.4, 0.5) is 0 Å². The zero-order valence-corrected chi connectivity index (χ0v) is 16.0. The van der Waals surface area contributed by atoms with Crippen LogP contribution in [0.25, 0.3) is 0 Å². The summed E-state index contributed by atoms with van der Waals surface area (Å²) in [6, 6.07) is 10.8. The molecule has 0 aliphatic carbocycles. The monoisotopic (exact) mass is 355 g/mol. The number of likely N-dealkylation sites (tertiary alicyclic amines) is 2. The maximum absolute atomic E-state index is 12.7. The topological polar surface area (TPSA) is 35.6 Å². The average Bonchev–Trinajstić information content (AvgIpc) is 3.31. The molecule has 4 nitrogen and oxygen atoms in total. The second kappa shape index (κ2) is 8.10. The van der Waals surface area contributed by atoms with Crippen molar-refractivity contribution in [1.82, 2.24) is 15.1 Å². The van der Waals surface area contributed by atoms with Gasteiger partial charge in [0, 0.05) is 38.0 Å². The van der Waals surface area contributed by atoms with Gasteiger partial charge in [0.05, 0.1) is 0 Å². The van der Waals surface area contributed by atoms with Crippen LogP contribution in [-0.4, -0.2) is 55.0 Å². The van der Waals surface area contributed by atoms with Crippen molar-refractivity contribution in [2.45, 2.75) is 45.1 Å². The fourth-order valence-corrected chi connectivity index (χ4v) is 5.21. The molecule has 142 valence electrons. The molecule has 3 saturated heterocycles. The Balaban J connectivity index is 1.29. The predicted molar refractivity (Wildman–Crippen MR) is 105 cm³/mol. The number of benzene rings is 1. The lowest BCUT2D eigenvalue weighted by Crippen LogP contribution is -2.45. The van der Waals surface area contributed by atoms with E-state index in [0.717, 1.165) is 52.1 Å². The SMILES string of the molecule is O=C(CCC1CCNC1)N1CCC2(CCCN(Cc3ccccc3)C2)C1. The van der Waals surface area contributed by atoms with Crippen LogP contribution < -0.4 is 5.32 Å². The van der Waals surface area contributed by atoms with Crippen LogP contribution in [-0.2, 0) is 11.3 Å². The highest BCUT2D eigenvalue weighted by Crippen LogP contribution is 2.39. The zero-order chi connectivity index (χ0) is 17.8. The first kappa shape index (κ1) is 18.0. The number of rotatable bonds is 5. The van der Waals surface area contributed by atoms with E-state index in [1.165, 1.54) is 37.8 Å². The summed E-state index contributed by atoms with van der Waals surface area (Å²) in [4.78, 5) is 17.5. The molecule has 3 fully saturated rings. The summed E-state index contributed by atoms with van der Waals surface area (Å²) in [5.41, 5.74) is 1.75. The van der Waals surface area contributed by atoms with Crippen LogP contribution >= 0.6 is 0 Å². The van der Waals surface area contributed by atoms with Gasteiger partial charge in [-0.05, 0) is 63.2 Å².